The molecule has 0 spiro atoms. The number of imidazole rings is 1. The molecule has 1 atom stereocenters. The van der Waals surface area contributed by atoms with Crippen LogP contribution in [0.2, 0.25) is 0 Å². The summed E-state index contributed by atoms with van der Waals surface area (Å²) in [7, 11) is 0. The number of carbonyl (C=O) groups is 2. The van der Waals surface area contributed by atoms with Crippen LogP contribution in [0, 0.1) is 5.92 Å². The van der Waals surface area contributed by atoms with E-state index >= 15 is 0 Å². The number of nitrogens with one attached hydrogen (secondary N) is 1. The Morgan fingerprint density at radius 2 is 1.82 bits per heavy atom. The number of benzene rings is 2. The summed E-state index contributed by atoms with van der Waals surface area (Å²) in [6, 6.07) is 19.8. The van der Waals surface area contributed by atoms with Crippen LogP contribution in [0.4, 0.5) is 11.4 Å². The van der Waals surface area contributed by atoms with E-state index in [1.165, 1.54) is 0 Å². The van der Waals surface area contributed by atoms with Crippen molar-refractivity contribution in [2.45, 2.75) is 6.42 Å². The van der Waals surface area contributed by atoms with Crippen LogP contribution in [0.3, 0.4) is 0 Å². The van der Waals surface area contributed by atoms with Crippen molar-refractivity contribution in [3.63, 3.8) is 0 Å². The van der Waals surface area contributed by atoms with E-state index in [-0.39, 0.29) is 18.2 Å². The highest BCUT2D eigenvalue weighted by Gasteiger charge is 2.35. The van der Waals surface area contributed by atoms with Gasteiger partial charge in [0, 0.05) is 42.8 Å². The standard InChI is InChI=1S/C24H20N6O3/c31-23-14-17(15-30(23)19-4-2-1-3-5-19)24(32)26-18-6-8-20(9-7-18)33-22-11-10-21(27-28-22)29-13-12-25-16-29/h1-13,16-17H,14-15H2,(H,26,32). The summed E-state index contributed by atoms with van der Waals surface area (Å²) in [5, 5.41) is 11.1. The number of carbonyl (C=O) groups excluding carboxylic acids is 2. The van der Waals surface area contributed by atoms with Gasteiger partial charge in [-0.2, -0.15) is 0 Å². The third-order valence-corrected chi connectivity index (χ3v) is 5.30. The van der Waals surface area contributed by atoms with Crippen molar-refractivity contribution in [2.24, 2.45) is 5.92 Å². The minimum Gasteiger partial charge on any atom is -0.438 e. The molecule has 4 aromatic rings. The smallest absolute Gasteiger partial charge is 0.238 e. The molecule has 9 heteroatoms. The van der Waals surface area contributed by atoms with Crippen molar-refractivity contribution in [1.29, 1.82) is 0 Å². The predicted molar refractivity (Wildman–Crippen MR) is 121 cm³/mol. The van der Waals surface area contributed by atoms with Gasteiger partial charge in [0.15, 0.2) is 5.82 Å². The molecule has 33 heavy (non-hydrogen) atoms. The lowest BCUT2D eigenvalue weighted by Crippen LogP contribution is -2.28. The molecule has 1 saturated heterocycles. The van der Waals surface area contributed by atoms with Gasteiger partial charge in [-0.05, 0) is 42.5 Å². The van der Waals surface area contributed by atoms with Crippen LogP contribution in [0.25, 0.3) is 5.82 Å². The Bertz CT molecular complexity index is 1240. The average molecular weight is 440 g/mol. The van der Waals surface area contributed by atoms with Gasteiger partial charge in [0.2, 0.25) is 17.7 Å². The Morgan fingerprint density at radius 3 is 2.52 bits per heavy atom. The van der Waals surface area contributed by atoms with Crippen molar-refractivity contribution < 1.29 is 14.3 Å². The maximum atomic E-state index is 12.7. The average Bonchev–Trinajstić information content (AvgIpc) is 3.52. The number of hydrogen-bond acceptors (Lipinski definition) is 6. The van der Waals surface area contributed by atoms with Crippen molar-refractivity contribution in [2.75, 3.05) is 16.8 Å². The Kier molecular flexibility index (Phi) is 5.50. The van der Waals surface area contributed by atoms with E-state index in [2.05, 4.69) is 20.5 Å². The highest BCUT2D eigenvalue weighted by molar-refractivity contribution is 6.03. The summed E-state index contributed by atoms with van der Waals surface area (Å²) < 4.78 is 7.47. The molecule has 164 valence electrons. The third kappa shape index (κ3) is 4.57. The highest BCUT2D eigenvalue weighted by atomic mass is 16.5. The van der Waals surface area contributed by atoms with E-state index in [9.17, 15) is 9.59 Å². The van der Waals surface area contributed by atoms with Gasteiger partial charge in [0.05, 0.1) is 5.92 Å². The fraction of sp³-hybridized carbons (Fsp3) is 0.125. The number of aromatic nitrogens is 4. The first-order valence-electron chi connectivity index (χ1n) is 10.4. The first kappa shape index (κ1) is 20.4. The topological polar surface area (TPSA) is 102 Å². The van der Waals surface area contributed by atoms with Gasteiger partial charge in [-0.15, -0.1) is 10.2 Å². The molecule has 1 aliphatic rings. The molecule has 1 aliphatic heterocycles. The molecule has 0 bridgehead atoms. The largest absolute Gasteiger partial charge is 0.438 e. The molecule has 1 unspecified atom stereocenters. The molecular weight excluding hydrogens is 420 g/mol. The van der Waals surface area contributed by atoms with Gasteiger partial charge in [0.25, 0.3) is 0 Å². The zero-order valence-electron chi connectivity index (χ0n) is 17.5. The van der Waals surface area contributed by atoms with Crippen molar-refractivity contribution >= 4 is 23.2 Å². The van der Waals surface area contributed by atoms with E-state index in [1.54, 1.807) is 64.6 Å². The summed E-state index contributed by atoms with van der Waals surface area (Å²) in [5.41, 5.74) is 1.43. The van der Waals surface area contributed by atoms with Gasteiger partial charge in [0.1, 0.15) is 12.1 Å². The molecule has 0 saturated carbocycles. The van der Waals surface area contributed by atoms with E-state index in [1.807, 2.05) is 30.3 Å². The van der Waals surface area contributed by atoms with Gasteiger partial charge in [-0.25, -0.2) is 4.98 Å². The molecule has 0 aliphatic carbocycles. The van der Waals surface area contributed by atoms with E-state index in [0.717, 1.165) is 5.69 Å². The monoisotopic (exact) mass is 440 g/mol. The molecule has 1 N–H and O–H groups in total. The van der Waals surface area contributed by atoms with Crippen LogP contribution in [0.5, 0.6) is 11.6 Å². The van der Waals surface area contributed by atoms with Crippen LogP contribution >= 0.6 is 0 Å². The maximum Gasteiger partial charge on any atom is 0.238 e. The zero-order chi connectivity index (χ0) is 22.6. The fourth-order valence-corrected chi connectivity index (χ4v) is 3.61. The molecule has 9 nitrogen and oxygen atoms in total. The van der Waals surface area contributed by atoms with Crippen LogP contribution in [-0.4, -0.2) is 38.1 Å². The van der Waals surface area contributed by atoms with Crippen LogP contribution in [0.1, 0.15) is 6.42 Å². The molecule has 1 fully saturated rings. The Morgan fingerprint density at radius 1 is 1.00 bits per heavy atom. The number of hydrogen-bond donors (Lipinski definition) is 1. The molecule has 2 amide bonds. The molecule has 0 radical (unpaired) electrons. The number of nitrogens with zero attached hydrogens (tertiary/aromatic N) is 5. The number of anilines is 2. The predicted octanol–water partition coefficient (Wildman–Crippen LogP) is 3.45. The summed E-state index contributed by atoms with van der Waals surface area (Å²) >= 11 is 0. The van der Waals surface area contributed by atoms with Crippen molar-refractivity contribution in [3.05, 3.63) is 85.5 Å². The lowest BCUT2D eigenvalue weighted by molar-refractivity contribution is -0.122. The van der Waals surface area contributed by atoms with E-state index in [4.69, 9.17) is 4.74 Å². The van der Waals surface area contributed by atoms with Crippen LogP contribution in [0.15, 0.2) is 85.5 Å². The lowest BCUT2D eigenvalue weighted by Gasteiger charge is -2.16. The summed E-state index contributed by atoms with van der Waals surface area (Å²) in [6.07, 6.45) is 5.27. The second-order valence-electron chi connectivity index (χ2n) is 7.56. The summed E-state index contributed by atoms with van der Waals surface area (Å²) in [6.45, 7) is 0.365. The van der Waals surface area contributed by atoms with Gasteiger partial charge < -0.3 is 15.0 Å². The number of ether oxygens (including phenoxy) is 1. The van der Waals surface area contributed by atoms with Crippen LogP contribution < -0.4 is 15.0 Å². The summed E-state index contributed by atoms with van der Waals surface area (Å²) in [5.74, 6) is 0.902. The first-order valence-corrected chi connectivity index (χ1v) is 10.4. The zero-order valence-corrected chi connectivity index (χ0v) is 17.5. The number of para-hydroxylation sites is 1. The summed E-state index contributed by atoms with van der Waals surface area (Å²) in [4.78, 5) is 30.7. The Balaban J connectivity index is 1.18. The Hall–Kier alpha value is -4.53. The minimum absolute atomic E-state index is 0.0507. The van der Waals surface area contributed by atoms with Gasteiger partial charge in [-0.1, -0.05) is 18.2 Å². The minimum atomic E-state index is -0.405. The maximum absolute atomic E-state index is 12.7. The number of rotatable bonds is 6. The van der Waals surface area contributed by atoms with E-state index in [0.29, 0.717) is 29.7 Å². The molecule has 5 rings (SSSR count). The normalized spacial score (nSPS) is 15.5. The van der Waals surface area contributed by atoms with E-state index < -0.39 is 5.92 Å². The molecule has 3 heterocycles. The Labute approximate surface area is 189 Å². The SMILES string of the molecule is O=C(Nc1ccc(Oc2ccc(-n3ccnc3)nn2)cc1)C1CC(=O)N(c2ccccc2)C1. The molecular formula is C24H20N6O3. The second-order valence-corrected chi connectivity index (χ2v) is 7.56. The van der Waals surface area contributed by atoms with Gasteiger partial charge >= 0.3 is 0 Å². The lowest BCUT2D eigenvalue weighted by atomic mass is 10.1. The second kappa shape index (κ2) is 8.91. The van der Waals surface area contributed by atoms with Gasteiger partial charge in [-0.3, -0.25) is 14.2 Å². The first-order chi connectivity index (χ1) is 16.2. The molecule has 2 aromatic heterocycles. The van der Waals surface area contributed by atoms with Crippen molar-refractivity contribution in [1.82, 2.24) is 19.7 Å². The van der Waals surface area contributed by atoms with Crippen molar-refractivity contribution in [3.8, 4) is 17.4 Å². The molecule has 2 aromatic carbocycles. The fourth-order valence-electron chi connectivity index (χ4n) is 3.61. The third-order valence-electron chi connectivity index (χ3n) is 5.30. The highest BCUT2D eigenvalue weighted by Crippen LogP contribution is 2.26. The quantitative estimate of drug-likeness (QED) is 0.493. The number of amides is 2. The van der Waals surface area contributed by atoms with Crippen LogP contribution in [-0.2, 0) is 9.59 Å².